The molecule has 0 saturated carbocycles. The molecule has 0 unspecified atom stereocenters. The second-order valence-electron chi connectivity index (χ2n) is 3.59. The van der Waals surface area contributed by atoms with Gasteiger partial charge in [-0.15, -0.1) is 0 Å². The highest BCUT2D eigenvalue weighted by Gasteiger charge is 2.18. The lowest BCUT2D eigenvalue weighted by Gasteiger charge is -2.09. The zero-order valence-corrected chi connectivity index (χ0v) is 10.5. The van der Waals surface area contributed by atoms with E-state index in [1.165, 1.54) is 18.2 Å². The molecule has 92 valence electrons. The van der Waals surface area contributed by atoms with Gasteiger partial charge in [-0.2, -0.15) is 0 Å². The topological polar surface area (TPSA) is 37.3 Å². The summed E-state index contributed by atoms with van der Waals surface area (Å²) in [5, 5.41) is 9.75. The number of aromatic carboxylic acids is 1. The maximum Gasteiger partial charge on any atom is 0.339 e. The SMILES string of the molecule is O=C(O)c1c(F)cccc1-c1ccc(Cl)cc1Cl. The fraction of sp³-hybridized carbons (Fsp3) is 0. The Labute approximate surface area is 113 Å². The largest absolute Gasteiger partial charge is 0.478 e. The molecule has 5 heteroatoms. The Kier molecular flexibility index (Phi) is 3.55. The molecule has 0 saturated heterocycles. The van der Waals surface area contributed by atoms with Gasteiger partial charge in [0.05, 0.1) is 0 Å². The van der Waals surface area contributed by atoms with Gasteiger partial charge >= 0.3 is 5.97 Å². The molecule has 0 aliphatic rings. The van der Waals surface area contributed by atoms with Crippen molar-refractivity contribution in [3.05, 3.63) is 57.8 Å². The van der Waals surface area contributed by atoms with Gasteiger partial charge in [-0.1, -0.05) is 41.4 Å². The van der Waals surface area contributed by atoms with E-state index in [2.05, 4.69) is 0 Å². The van der Waals surface area contributed by atoms with Crippen LogP contribution < -0.4 is 0 Å². The second-order valence-corrected chi connectivity index (χ2v) is 4.44. The van der Waals surface area contributed by atoms with Crippen LogP contribution in [0.1, 0.15) is 10.4 Å². The number of carboxylic acid groups (broad SMARTS) is 1. The molecule has 0 aliphatic heterocycles. The molecule has 0 heterocycles. The zero-order chi connectivity index (χ0) is 13.3. The third-order valence-electron chi connectivity index (χ3n) is 2.45. The number of hydrogen-bond donors (Lipinski definition) is 1. The lowest BCUT2D eigenvalue weighted by molar-refractivity contribution is 0.0693. The van der Waals surface area contributed by atoms with Crippen molar-refractivity contribution in [3.8, 4) is 11.1 Å². The molecule has 2 aromatic rings. The molecule has 0 spiro atoms. The van der Waals surface area contributed by atoms with E-state index in [-0.39, 0.29) is 10.6 Å². The van der Waals surface area contributed by atoms with E-state index in [4.69, 9.17) is 28.3 Å². The summed E-state index contributed by atoms with van der Waals surface area (Å²) >= 11 is 11.8. The Bertz CT molecular complexity index is 626. The molecule has 0 bridgehead atoms. The van der Waals surface area contributed by atoms with Crippen LogP contribution in [0.3, 0.4) is 0 Å². The van der Waals surface area contributed by atoms with Crippen LogP contribution in [-0.4, -0.2) is 11.1 Å². The van der Waals surface area contributed by atoms with Crippen molar-refractivity contribution in [1.82, 2.24) is 0 Å². The molecular weight excluding hydrogens is 278 g/mol. The van der Waals surface area contributed by atoms with Gasteiger partial charge in [-0.3, -0.25) is 0 Å². The van der Waals surface area contributed by atoms with E-state index >= 15 is 0 Å². The standard InChI is InChI=1S/C13H7Cl2FO2/c14-7-4-5-8(10(15)6-7)9-2-1-3-11(16)12(9)13(17)18/h1-6H,(H,17,18). The fourth-order valence-electron chi connectivity index (χ4n) is 1.67. The molecule has 0 aromatic heterocycles. The molecular formula is C13H7Cl2FO2. The van der Waals surface area contributed by atoms with Crippen LogP contribution in [0.2, 0.25) is 10.0 Å². The van der Waals surface area contributed by atoms with Crippen molar-refractivity contribution < 1.29 is 14.3 Å². The quantitative estimate of drug-likeness (QED) is 0.882. The predicted octanol–water partition coefficient (Wildman–Crippen LogP) is 4.50. The first-order chi connectivity index (χ1) is 8.50. The van der Waals surface area contributed by atoms with Crippen LogP contribution in [0.4, 0.5) is 4.39 Å². The van der Waals surface area contributed by atoms with Crippen LogP contribution in [0, 0.1) is 5.82 Å². The Morgan fingerprint density at radius 2 is 1.83 bits per heavy atom. The van der Waals surface area contributed by atoms with Gasteiger partial charge < -0.3 is 5.11 Å². The fourth-order valence-corrected chi connectivity index (χ4v) is 2.18. The van der Waals surface area contributed by atoms with Gasteiger partial charge in [0, 0.05) is 21.2 Å². The second kappa shape index (κ2) is 4.96. The molecule has 0 aliphatic carbocycles. The van der Waals surface area contributed by atoms with Gasteiger partial charge in [-0.25, -0.2) is 9.18 Å². The predicted molar refractivity (Wildman–Crippen MR) is 68.8 cm³/mol. The normalized spacial score (nSPS) is 10.4. The minimum absolute atomic E-state index is 0.226. The van der Waals surface area contributed by atoms with Gasteiger partial charge in [0.25, 0.3) is 0 Å². The minimum atomic E-state index is -1.34. The minimum Gasteiger partial charge on any atom is -0.478 e. The first-order valence-electron chi connectivity index (χ1n) is 4.98. The van der Waals surface area contributed by atoms with E-state index in [1.54, 1.807) is 12.1 Å². The first-order valence-corrected chi connectivity index (χ1v) is 5.73. The first kappa shape index (κ1) is 12.9. The van der Waals surface area contributed by atoms with E-state index in [9.17, 15) is 9.18 Å². The summed E-state index contributed by atoms with van der Waals surface area (Å²) < 4.78 is 13.5. The number of carboxylic acids is 1. The highest BCUT2D eigenvalue weighted by molar-refractivity contribution is 6.36. The molecule has 18 heavy (non-hydrogen) atoms. The number of carbonyl (C=O) groups is 1. The van der Waals surface area contributed by atoms with Crippen LogP contribution in [0.15, 0.2) is 36.4 Å². The highest BCUT2D eigenvalue weighted by atomic mass is 35.5. The molecule has 2 rings (SSSR count). The summed E-state index contributed by atoms with van der Waals surface area (Å²) in [7, 11) is 0. The summed E-state index contributed by atoms with van der Waals surface area (Å²) in [6.07, 6.45) is 0. The molecule has 1 N–H and O–H groups in total. The van der Waals surface area contributed by atoms with Crippen LogP contribution in [-0.2, 0) is 0 Å². The Hall–Kier alpha value is -1.58. The van der Waals surface area contributed by atoms with Crippen molar-refractivity contribution >= 4 is 29.2 Å². The Morgan fingerprint density at radius 3 is 2.44 bits per heavy atom. The van der Waals surface area contributed by atoms with E-state index in [0.29, 0.717) is 10.6 Å². The van der Waals surface area contributed by atoms with Gasteiger partial charge in [0.15, 0.2) is 0 Å². The molecule has 2 aromatic carbocycles. The third-order valence-corrected chi connectivity index (χ3v) is 3.00. The molecule has 0 radical (unpaired) electrons. The monoisotopic (exact) mass is 284 g/mol. The summed E-state index contributed by atoms with van der Waals surface area (Å²) in [6.45, 7) is 0. The van der Waals surface area contributed by atoms with Gasteiger partial charge in [-0.05, 0) is 18.2 Å². The van der Waals surface area contributed by atoms with Crippen LogP contribution in [0.25, 0.3) is 11.1 Å². The number of halogens is 3. The van der Waals surface area contributed by atoms with Crippen molar-refractivity contribution in [2.75, 3.05) is 0 Å². The van der Waals surface area contributed by atoms with Gasteiger partial charge in [0.2, 0.25) is 0 Å². The van der Waals surface area contributed by atoms with Gasteiger partial charge in [0.1, 0.15) is 11.4 Å². The lowest BCUT2D eigenvalue weighted by Crippen LogP contribution is -2.03. The number of rotatable bonds is 2. The average Bonchev–Trinajstić information content (AvgIpc) is 2.28. The molecule has 2 nitrogen and oxygen atoms in total. The van der Waals surface area contributed by atoms with E-state index < -0.39 is 17.3 Å². The molecule has 0 amide bonds. The van der Waals surface area contributed by atoms with Crippen molar-refractivity contribution in [1.29, 1.82) is 0 Å². The average molecular weight is 285 g/mol. The smallest absolute Gasteiger partial charge is 0.339 e. The number of benzene rings is 2. The van der Waals surface area contributed by atoms with Crippen molar-refractivity contribution in [2.45, 2.75) is 0 Å². The van der Waals surface area contributed by atoms with Crippen molar-refractivity contribution in [2.24, 2.45) is 0 Å². The zero-order valence-electron chi connectivity index (χ0n) is 8.95. The maximum atomic E-state index is 13.5. The summed E-state index contributed by atoms with van der Waals surface area (Å²) in [6, 6.07) is 8.64. The summed E-state index contributed by atoms with van der Waals surface area (Å²) in [5.41, 5.74) is 0.254. The highest BCUT2D eigenvalue weighted by Crippen LogP contribution is 2.33. The molecule has 0 fully saturated rings. The summed E-state index contributed by atoms with van der Waals surface area (Å²) in [4.78, 5) is 11.1. The Morgan fingerprint density at radius 1 is 1.11 bits per heavy atom. The van der Waals surface area contributed by atoms with E-state index in [0.717, 1.165) is 6.07 Å². The number of hydrogen-bond acceptors (Lipinski definition) is 1. The van der Waals surface area contributed by atoms with E-state index in [1.807, 2.05) is 0 Å². The summed E-state index contributed by atoms with van der Waals surface area (Å²) in [5.74, 6) is -2.14. The third kappa shape index (κ3) is 2.33. The maximum absolute atomic E-state index is 13.5. The molecule has 0 atom stereocenters. The van der Waals surface area contributed by atoms with Crippen LogP contribution in [0.5, 0.6) is 0 Å². The van der Waals surface area contributed by atoms with Crippen LogP contribution >= 0.6 is 23.2 Å². The van der Waals surface area contributed by atoms with Crippen molar-refractivity contribution in [3.63, 3.8) is 0 Å². The Balaban J connectivity index is 2.71. The lowest BCUT2D eigenvalue weighted by atomic mass is 9.99.